The highest BCUT2D eigenvalue weighted by atomic mass is 32.2. The summed E-state index contributed by atoms with van der Waals surface area (Å²) in [6.45, 7) is 7.08. The zero-order chi connectivity index (χ0) is 12.2. The number of rotatable bonds is 4. The molecule has 1 aliphatic rings. The van der Waals surface area contributed by atoms with Gasteiger partial charge in [-0.25, -0.2) is 0 Å². The fourth-order valence-electron chi connectivity index (χ4n) is 2.08. The molecular weight excluding hydrogens is 222 g/mol. The molecule has 4 heteroatoms. The molecule has 0 saturated carbocycles. The van der Waals surface area contributed by atoms with Gasteiger partial charge in [0.1, 0.15) is 0 Å². The minimum Gasteiger partial charge on any atom is -0.392 e. The van der Waals surface area contributed by atoms with E-state index in [2.05, 4.69) is 26.1 Å². The van der Waals surface area contributed by atoms with Crippen LogP contribution in [0.25, 0.3) is 0 Å². The van der Waals surface area contributed by atoms with Crippen molar-refractivity contribution in [3.05, 3.63) is 0 Å². The van der Waals surface area contributed by atoms with Crippen LogP contribution in [0.5, 0.6) is 0 Å². The third-order valence-electron chi connectivity index (χ3n) is 2.88. The predicted octanol–water partition coefficient (Wildman–Crippen LogP) is 1.28. The minimum absolute atomic E-state index is 0.176. The molecule has 0 bridgehead atoms. The van der Waals surface area contributed by atoms with E-state index in [-0.39, 0.29) is 11.5 Å². The zero-order valence-electron chi connectivity index (χ0n) is 10.7. The van der Waals surface area contributed by atoms with Crippen LogP contribution in [0.3, 0.4) is 0 Å². The second-order valence-corrected chi connectivity index (χ2v) is 7.65. The summed E-state index contributed by atoms with van der Waals surface area (Å²) in [7, 11) is -0.594. The van der Waals surface area contributed by atoms with Gasteiger partial charge in [0.05, 0.1) is 6.10 Å². The molecule has 1 unspecified atom stereocenters. The first kappa shape index (κ1) is 14.1. The van der Waals surface area contributed by atoms with Gasteiger partial charge in [0.15, 0.2) is 0 Å². The smallest absolute Gasteiger partial charge is 0.0669 e. The van der Waals surface area contributed by atoms with Crippen molar-refractivity contribution < 1.29 is 9.32 Å². The molecule has 1 rings (SSSR count). The Balaban J connectivity index is 2.17. The number of aliphatic hydroxyl groups excluding tert-OH is 1. The monoisotopic (exact) mass is 247 g/mol. The van der Waals surface area contributed by atoms with Crippen molar-refractivity contribution in [1.29, 1.82) is 0 Å². The fraction of sp³-hybridized carbons (Fsp3) is 1.00. The van der Waals surface area contributed by atoms with Crippen molar-refractivity contribution in [3.63, 3.8) is 0 Å². The summed E-state index contributed by atoms with van der Waals surface area (Å²) < 4.78 is 11.2. The minimum atomic E-state index is -0.594. The van der Waals surface area contributed by atoms with E-state index in [9.17, 15) is 9.32 Å². The second kappa shape index (κ2) is 6.12. The second-order valence-electron chi connectivity index (χ2n) is 5.95. The van der Waals surface area contributed by atoms with Gasteiger partial charge in [0.25, 0.3) is 0 Å². The third-order valence-corrected chi connectivity index (χ3v) is 4.26. The largest absolute Gasteiger partial charge is 0.392 e. The van der Waals surface area contributed by atoms with Crippen LogP contribution in [-0.2, 0) is 10.8 Å². The van der Waals surface area contributed by atoms with Crippen LogP contribution < -0.4 is 5.32 Å². The maximum absolute atomic E-state index is 11.2. The molecule has 0 aromatic rings. The summed E-state index contributed by atoms with van der Waals surface area (Å²) in [6, 6.07) is 0.451. The molecule has 3 nitrogen and oxygen atoms in total. The highest BCUT2D eigenvalue weighted by Gasteiger charge is 2.20. The Morgan fingerprint density at radius 1 is 1.38 bits per heavy atom. The molecule has 0 aliphatic carbocycles. The lowest BCUT2D eigenvalue weighted by Gasteiger charge is -2.26. The van der Waals surface area contributed by atoms with Crippen LogP contribution >= 0.6 is 0 Å². The lowest BCUT2D eigenvalue weighted by molar-refractivity contribution is 0.116. The van der Waals surface area contributed by atoms with Gasteiger partial charge in [-0.15, -0.1) is 0 Å². The highest BCUT2D eigenvalue weighted by Crippen LogP contribution is 2.20. The van der Waals surface area contributed by atoms with Crippen molar-refractivity contribution in [1.82, 2.24) is 5.32 Å². The van der Waals surface area contributed by atoms with Crippen molar-refractivity contribution in [2.24, 2.45) is 5.41 Å². The van der Waals surface area contributed by atoms with E-state index in [1.807, 2.05) is 0 Å². The van der Waals surface area contributed by atoms with Crippen molar-refractivity contribution in [3.8, 4) is 0 Å². The lowest BCUT2D eigenvalue weighted by atomic mass is 9.89. The first-order chi connectivity index (χ1) is 7.37. The Morgan fingerprint density at radius 2 is 1.94 bits per heavy atom. The fourth-order valence-corrected chi connectivity index (χ4v) is 3.38. The molecule has 1 heterocycles. The molecule has 1 aliphatic heterocycles. The van der Waals surface area contributed by atoms with Crippen molar-refractivity contribution >= 4 is 10.8 Å². The summed E-state index contributed by atoms with van der Waals surface area (Å²) in [5.74, 6) is 1.63. The van der Waals surface area contributed by atoms with Crippen LogP contribution in [0.15, 0.2) is 0 Å². The van der Waals surface area contributed by atoms with E-state index >= 15 is 0 Å². The summed E-state index contributed by atoms with van der Waals surface area (Å²) in [5.41, 5.74) is 0.176. The average molecular weight is 247 g/mol. The number of hydrogen-bond acceptors (Lipinski definition) is 3. The van der Waals surface area contributed by atoms with E-state index in [1.165, 1.54) is 0 Å². The van der Waals surface area contributed by atoms with Gasteiger partial charge in [0.2, 0.25) is 0 Å². The highest BCUT2D eigenvalue weighted by molar-refractivity contribution is 7.85. The van der Waals surface area contributed by atoms with Gasteiger partial charge in [-0.1, -0.05) is 20.8 Å². The Kier molecular flexibility index (Phi) is 5.41. The lowest BCUT2D eigenvalue weighted by Crippen LogP contribution is -2.40. The molecule has 0 amide bonds. The first-order valence-electron chi connectivity index (χ1n) is 6.13. The van der Waals surface area contributed by atoms with Crippen LogP contribution in [0, 0.1) is 5.41 Å². The topological polar surface area (TPSA) is 49.3 Å². The van der Waals surface area contributed by atoms with Crippen LogP contribution in [-0.4, -0.2) is 39.5 Å². The van der Waals surface area contributed by atoms with E-state index in [0.717, 1.165) is 30.8 Å². The summed E-state index contributed by atoms with van der Waals surface area (Å²) in [4.78, 5) is 0. The summed E-state index contributed by atoms with van der Waals surface area (Å²) in [6.07, 6.45) is 2.51. The van der Waals surface area contributed by atoms with Gasteiger partial charge in [-0.2, -0.15) is 0 Å². The molecule has 1 saturated heterocycles. The molecule has 0 spiro atoms. The predicted molar refractivity (Wildman–Crippen MR) is 69.0 cm³/mol. The molecule has 0 aromatic heterocycles. The summed E-state index contributed by atoms with van der Waals surface area (Å²) in [5, 5.41) is 13.2. The Hall–Kier alpha value is 0.0700. The van der Waals surface area contributed by atoms with Crippen molar-refractivity contribution in [2.45, 2.75) is 52.2 Å². The van der Waals surface area contributed by atoms with Gasteiger partial charge in [0, 0.05) is 34.9 Å². The van der Waals surface area contributed by atoms with Crippen LogP contribution in [0.4, 0.5) is 0 Å². The van der Waals surface area contributed by atoms with Crippen LogP contribution in [0.2, 0.25) is 0 Å². The Morgan fingerprint density at radius 3 is 2.44 bits per heavy atom. The molecule has 1 atom stereocenters. The number of aliphatic hydroxyl groups is 1. The quantitative estimate of drug-likeness (QED) is 0.787. The van der Waals surface area contributed by atoms with Gasteiger partial charge in [-0.05, 0) is 24.7 Å². The molecule has 2 N–H and O–H groups in total. The van der Waals surface area contributed by atoms with Gasteiger partial charge in [-0.3, -0.25) is 4.21 Å². The van der Waals surface area contributed by atoms with E-state index < -0.39 is 10.8 Å². The normalized spacial score (nSPS) is 29.0. The molecular formula is C12H25NO2S. The molecule has 16 heavy (non-hydrogen) atoms. The molecule has 96 valence electrons. The van der Waals surface area contributed by atoms with Gasteiger partial charge < -0.3 is 10.4 Å². The van der Waals surface area contributed by atoms with E-state index in [4.69, 9.17) is 0 Å². The Labute approximate surface area is 101 Å². The maximum Gasteiger partial charge on any atom is 0.0669 e. The van der Waals surface area contributed by atoms with E-state index in [1.54, 1.807) is 0 Å². The molecule has 0 radical (unpaired) electrons. The standard InChI is InChI=1S/C12H25NO2S/c1-12(2,3)8-11(14)9-13-10-4-6-16(15)7-5-10/h10-11,13-14H,4-9H2,1-3H3. The number of hydrogen-bond donors (Lipinski definition) is 2. The van der Waals surface area contributed by atoms with Gasteiger partial charge >= 0.3 is 0 Å². The SMILES string of the molecule is CC(C)(C)CC(O)CNC1CCS(=O)CC1. The average Bonchev–Trinajstić information content (AvgIpc) is 2.14. The Bertz CT molecular complexity index is 228. The number of nitrogens with one attached hydrogen (secondary N) is 1. The zero-order valence-corrected chi connectivity index (χ0v) is 11.5. The first-order valence-corrected chi connectivity index (χ1v) is 7.62. The van der Waals surface area contributed by atoms with E-state index in [0.29, 0.717) is 12.6 Å². The third kappa shape index (κ3) is 5.97. The molecule has 1 fully saturated rings. The summed E-state index contributed by atoms with van der Waals surface area (Å²) >= 11 is 0. The van der Waals surface area contributed by atoms with Crippen LogP contribution in [0.1, 0.15) is 40.0 Å². The van der Waals surface area contributed by atoms with Crippen molar-refractivity contribution in [2.75, 3.05) is 18.1 Å². The molecule has 0 aromatic carbocycles. The maximum atomic E-state index is 11.2.